The molecule has 86 valence electrons. The minimum atomic E-state index is -1.33. The summed E-state index contributed by atoms with van der Waals surface area (Å²) in [6, 6.07) is 0. The van der Waals surface area contributed by atoms with Crippen molar-refractivity contribution in [1.29, 1.82) is 0 Å². The van der Waals surface area contributed by atoms with Gasteiger partial charge in [0.2, 0.25) is 5.83 Å². The van der Waals surface area contributed by atoms with Crippen LogP contribution in [0.4, 0.5) is 4.39 Å². The van der Waals surface area contributed by atoms with Crippen molar-refractivity contribution in [3.8, 4) is 0 Å². The largest absolute Gasteiger partial charge is 0.461 e. The third-order valence-electron chi connectivity index (χ3n) is 1.07. The molecular weight excluding hydrogens is 250 g/mol. The summed E-state index contributed by atoms with van der Waals surface area (Å²) in [5, 5.41) is 0. The molecule has 7 heteroatoms. The number of rotatable bonds is 6. The molecule has 0 saturated carbocycles. The molecule has 0 aliphatic carbocycles. The van der Waals surface area contributed by atoms with Gasteiger partial charge in [-0.1, -0.05) is 0 Å². The third-order valence-corrected chi connectivity index (χ3v) is 1.38. The van der Waals surface area contributed by atoms with Crippen molar-refractivity contribution >= 4 is 35.1 Å². The summed E-state index contributed by atoms with van der Waals surface area (Å²) in [4.78, 5) is 21.5. The van der Waals surface area contributed by atoms with E-state index in [9.17, 15) is 14.0 Å². The fourth-order valence-electron chi connectivity index (χ4n) is 0.543. The molecule has 0 aliphatic rings. The first-order valence-electron chi connectivity index (χ1n) is 3.94. The van der Waals surface area contributed by atoms with Crippen LogP contribution < -0.4 is 0 Å². The summed E-state index contributed by atoms with van der Waals surface area (Å²) in [5.74, 6) is -3.43. The predicted molar refractivity (Wildman–Crippen MR) is 52.5 cm³/mol. The van der Waals surface area contributed by atoms with Crippen molar-refractivity contribution in [2.75, 3.05) is 25.0 Å². The van der Waals surface area contributed by atoms with Crippen molar-refractivity contribution in [2.45, 2.75) is 0 Å². The molecular formula is C8H9Cl2FO4. The number of carbonyl (C=O) groups excluding carboxylic acids is 2. The van der Waals surface area contributed by atoms with Gasteiger partial charge < -0.3 is 9.47 Å². The molecule has 0 aromatic rings. The number of carbonyl (C=O) groups is 2. The van der Waals surface area contributed by atoms with E-state index in [-0.39, 0.29) is 25.0 Å². The highest BCUT2D eigenvalue weighted by Crippen LogP contribution is 2.01. The molecule has 0 aromatic carbocycles. The zero-order valence-electron chi connectivity index (χ0n) is 7.67. The van der Waals surface area contributed by atoms with Crippen LogP contribution in [0.2, 0.25) is 0 Å². The lowest BCUT2D eigenvalue weighted by atomic mass is 10.4. The molecule has 0 fully saturated rings. The Morgan fingerprint density at radius 1 is 1.13 bits per heavy atom. The topological polar surface area (TPSA) is 52.6 Å². The number of halogens is 3. The molecule has 0 heterocycles. The lowest BCUT2D eigenvalue weighted by Crippen LogP contribution is -2.10. The van der Waals surface area contributed by atoms with E-state index < -0.39 is 17.8 Å². The number of alkyl halides is 2. The SMILES string of the molecule is O=C(/C=C(\F)C(=O)OCCCl)OCCCl. The summed E-state index contributed by atoms with van der Waals surface area (Å²) in [6.45, 7) is -0.181. The van der Waals surface area contributed by atoms with Gasteiger partial charge in [0.25, 0.3) is 0 Å². The van der Waals surface area contributed by atoms with E-state index in [0.29, 0.717) is 6.08 Å². The van der Waals surface area contributed by atoms with Gasteiger partial charge in [-0.3, -0.25) is 0 Å². The second-order valence-corrected chi connectivity index (χ2v) is 2.93. The van der Waals surface area contributed by atoms with Gasteiger partial charge in [-0.25, -0.2) is 9.59 Å². The number of ether oxygens (including phenoxy) is 2. The molecule has 0 aliphatic heterocycles. The number of hydrogen-bond donors (Lipinski definition) is 0. The minimum absolute atomic E-state index is 0.0513. The lowest BCUT2D eigenvalue weighted by Gasteiger charge is -2.00. The van der Waals surface area contributed by atoms with Crippen molar-refractivity contribution in [3.05, 3.63) is 11.9 Å². The summed E-state index contributed by atoms with van der Waals surface area (Å²) in [6.07, 6.45) is 0.392. The van der Waals surface area contributed by atoms with Crippen LogP contribution in [0, 0.1) is 0 Å². The minimum Gasteiger partial charge on any atom is -0.461 e. The van der Waals surface area contributed by atoms with Crippen LogP contribution in [0.25, 0.3) is 0 Å². The average Bonchev–Trinajstić information content (AvgIpc) is 2.22. The normalized spacial score (nSPS) is 11.0. The Labute approximate surface area is 95.9 Å². The van der Waals surface area contributed by atoms with E-state index in [0.717, 1.165) is 0 Å². The van der Waals surface area contributed by atoms with Crippen LogP contribution in [0.15, 0.2) is 11.9 Å². The van der Waals surface area contributed by atoms with E-state index in [4.69, 9.17) is 23.2 Å². The van der Waals surface area contributed by atoms with Gasteiger partial charge in [0, 0.05) is 0 Å². The number of esters is 2. The van der Waals surface area contributed by atoms with Crippen LogP contribution in [-0.4, -0.2) is 36.9 Å². The molecule has 0 rings (SSSR count). The van der Waals surface area contributed by atoms with Crippen molar-refractivity contribution in [1.82, 2.24) is 0 Å². The van der Waals surface area contributed by atoms with Crippen LogP contribution in [0.3, 0.4) is 0 Å². The Kier molecular flexibility index (Phi) is 8.04. The van der Waals surface area contributed by atoms with E-state index in [1.807, 2.05) is 0 Å². The Bertz CT molecular complexity index is 255. The highest BCUT2D eigenvalue weighted by atomic mass is 35.5. The van der Waals surface area contributed by atoms with E-state index in [1.165, 1.54) is 0 Å². The molecule has 0 saturated heterocycles. The van der Waals surface area contributed by atoms with Crippen molar-refractivity contribution in [3.63, 3.8) is 0 Å². The molecule has 4 nitrogen and oxygen atoms in total. The van der Waals surface area contributed by atoms with Gasteiger partial charge in [-0.15, -0.1) is 23.2 Å². The van der Waals surface area contributed by atoms with E-state index in [2.05, 4.69) is 9.47 Å². The third kappa shape index (κ3) is 7.16. The summed E-state index contributed by atoms with van der Waals surface area (Å²) < 4.78 is 21.5. The van der Waals surface area contributed by atoms with Crippen LogP contribution in [0.5, 0.6) is 0 Å². The van der Waals surface area contributed by atoms with Gasteiger partial charge in [0.1, 0.15) is 13.2 Å². The van der Waals surface area contributed by atoms with Gasteiger partial charge in [0.05, 0.1) is 17.8 Å². The lowest BCUT2D eigenvalue weighted by molar-refractivity contribution is -0.142. The van der Waals surface area contributed by atoms with Crippen molar-refractivity contribution in [2.24, 2.45) is 0 Å². The van der Waals surface area contributed by atoms with Crippen LogP contribution >= 0.6 is 23.2 Å². The molecule has 0 N–H and O–H groups in total. The van der Waals surface area contributed by atoms with Crippen LogP contribution in [-0.2, 0) is 19.1 Å². The van der Waals surface area contributed by atoms with Gasteiger partial charge >= 0.3 is 11.9 Å². The highest BCUT2D eigenvalue weighted by molar-refractivity contribution is 6.18. The Morgan fingerprint density at radius 3 is 2.20 bits per heavy atom. The van der Waals surface area contributed by atoms with Crippen molar-refractivity contribution < 1.29 is 23.5 Å². The summed E-state index contributed by atoms with van der Waals surface area (Å²) >= 11 is 10.4. The van der Waals surface area contributed by atoms with Gasteiger partial charge in [-0.2, -0.15) is 4.39 Å². The van der Waals surface area contributed by atoms with E-state index >= 15 is 0 Å². The Morgan fingerprint density at radius 2 is 1.67 bits per heavy atom. The zero-order chi connectivity index (χ0) is 11.7. The maximum atomic E-state index is 12.8. The Hall–Kier alpha value is -0.810. The van der Waals surface area contributed by atoms with E-state index in [1.54, 1.807) is 0 Å². The zero-order valence-corrected chi connectivity index (χ0v) is 9.18. The standard InChI is InChI=1S/C8H9Cl2FO4/c9-1-3-14-7(12)5-6(11)8(13)15-4-2-10/h5H,1-4H2/b6-5-. The average molecular weight is 259 g/mol. The van der Waals surface area contributed by atoms with Gasteiger partial charge in [0.15, 0.2) is 0 Å². The molecule has 0 atom stereocenters. The molecule has 0 aromatic heterocycles. The molecule has 0 radical (unpaired) electrons. The number of hydrogen-bond acceptors (Lipinski definition) is 4. The maximum Gasteiger partial charge on any atom is 0.367 e. The predicted octanol–water partition coefficient (Wildman–Crippen LogP) is 1.40. The van der Waals surface area contributed by atoms with Crippen LogP contribution in [0.1, 0.15) is 0 Å². The highest BCUT2D eigenvalue weighted by Gasteiger charge is 2.12. The monoisotopic (exact) mass is 258 g/mol. The molecule has 0 spiro atoms. The first-order valence-corrected chi connectivity index (χ1v) is 5.01. The fourth-order valence-corrected chi connectivity index (χ4v) is 0.698. The fraction of sp³-hybridized carbons (Fsp3) is 0.500. The Balaban J connectivity index is 4.05. The van der Waals surface area contributed by atoms with Gasteiger partial charge in [-0.05, 0) is 0 Å². The molecule has 0 unspecified atom stereocenters. The molecule has 0 bridgehead atoms. The maximum absolute atomic E-state index is 12.8. The summed E-state index contributed by atoms with van der Waals surface area (Å²) in [5.41, 5.74) is 0. The first-order chi connectivity index (χ1) is 7.11. The second kappa shape index (κ2) is 8.49. The summed E-state index contributed by atoms with van der Waals surface area (Å²) in [7, 11) is 0. The quantitative estimate of drug-likeness (QED) is 0.411. The second-order valence-electron chi connectivity index (χ2n) is 2.17. The first kappa shape index (κ1) is 14.2. The molecule has 0 amide bonds. The smallest absolute Gasteiger partial charge is 0.367 e. The molecule has 15 heavy (non-hydrogen) atoms.